The molecule has 0 spiro atoms. The van der Waals surface area contributed by atoms with Crippen LogP contribution < -0.4 is 0 Å². The average Bonchev–Trinajstić information content (AvgIpc) is 0.957. The van der Waals surface area contributed by atoms with Crippen LogP contribution in [-0.4, -0.2) is 96.7 Å². The number of phosphoric ester groups is 2. The zero-order valence-corrected chi connectivity index (χ0v) is 67.5. The van der Waals surface area contributed by atoms with Gasteiger partial charge in [0, 0.05) is 25.7 Å². The smallest absolute Gasteiger partial charge is 0.462 e. The van der Waals surface area contributed by atoms with Crippen LogP contribution in [0.25, 0.3) is 0 Å². The van der Waals surface area contributed by atoms with Gasteiger partial charge in [-0.25, -0.2) is 9.13 Å². The van der Waals surface area contributed by atoms with Crippen LogP contribution in [0, 0.1) is 17.8 Å². The maximum Gasteiger partial charge on any atom is 0.472 e. The van der Waals surface area contributed by atoms with E-state index < -0.39 is 97.5 Å². The van der Waals surface area contributed by atoms with E-state index in [1.54, 1.807) is 0 Å². The molecule has 0 radical (unpaired) electrons. The lowest BCUT2D eigenvalue weighted by molar-refractivity contribution is -0.161. The maximum atomic E-state index is 13.1. The standard InChI is InChI=1S/C81H158O17P2/c1-8-10-11-12-13-14-15-16-24-27-34-43-50-57-64-80(85)98-77(69-92-79(84)63-56-49-42-37-36-39-46-53-60-73(5)6)71-96-100(89,90)94-67-75(82)66-93-99(87,88)95-70-76(68-91-78(83)62-55-48-41-33-30-29-32-40-47-54-61-74(7)9-2)97-81(86)65-58-51-44-35-28-25-22-20-18-17-19-21-23-26-31-38-45-52-59-72(3)4/h72-77,82H,8-71H2,1-7H3,(H,87,88)(H,89,90)/t74?,75-,76-,77-/m1/s1. The minimum Gasteiger partial charge on any atom is -0.462 e. The van der Waals surface area contributed by atoms with E-state index in [-0.39, 0.29) is 25.7 Å². The van der Waals surface area contributed by atoms with Crippen molar-refractivity contribution in [2.45, 2.75) is 439 Å². The zero-order valence-electron chi connectivity index (χ0n) is 65.7. The minimum absolute atomic E-state index is 0.107. The molecule has 0 aliphatic heterocycles. The quantitative estimate of drug-likeness (QED) is 0.0222. The lowest BCUT2D eigenvalue weighted by Crippen LogP contribution is -2.30. The van der Waals surface area contributed by atoms with Gasteiger partial charge in [-0.1, -0.05) is 370 Å². The third kappa shape index (κ3) is 73.0. The highest BCUT2D eigenvalue weighted by Crippen LogP contribution is 2.45. The number of hydrogen-bond donors (Lipinski definition) is 3. The molecule has 100 heavy (non-hydrogen) atoms. The summed E-state index contributed by atoms with van der Waals surface area (Å²) >= 11 is 0. The molecule has 0 saturated carbocycles. The number of carbonyl (C=O) groups is 4. The van der Waals surface area contributed by atoms with E-state index >= 15 is 0 Å². The Balaban J connectivity index is 5.23. The van der Waals surface area contributed by atoms with Gasteiger partial charge in [-0.2, -0.15) is 0 Å². The second kappa shape index (κ2) is 71.3. The Morgan fingerprint density at radius 1 is 0.290 bits per heavy atom. The minimum atomic E-state index is -4.96. The molecular weight excluding hydrogens is 1310 g/mol. The molecule has 0 aliphatic carbocycles. The van der Waals surface area contributed by atoms with Crippen molar-refractivity contribution in [3.8, 4) is 0 Å². The molecule has 6 atom stereocenters. The monoisotopic (exact) mass is 1470 g/mol. The van der Waals surface area contributed by atoms with Crippen LogP contribution >= 0.6 is 15.6 Å². The van der Waals surface area contributed by atoms with Gasteiger partial charge in [0.05, 0.1) is 26.4 Å². The van der Waals surface area contributed by atoms with Crippen molar-refractivity contribution < 1.29 is 80.2 Å². The van der Waals surface area contributed by atoms with Crippen molar-refractivity contribution in [2.24, 2.45) is 17.8 Å². The van der Waals surface area contributed by atoms with Crippen LogP contribution in [0.2, 0.25) is 0 Å². The fourth-order valence-corrected chi connectivity index (χ4v) is 14.0. The summed E-state index contributed by atoms with van der Waals surface area (Å²) in [5, 5.41) is 10.6. The molecule has 0 rings (SSSR count). The highest BCUT2D eigenvalue weighted by molar-refractivity contribution is 7.47. The molecular formula is C81H158O17P2. The Kier molecular flexibility index (Phi) is 69.9. The number of aliphatic hydroxyl groups excluding tert-OH is 1. The average molecular weight is 1470 g/mol. The summed E-state index contributed by atoms with van der Waals surface area (Å²) in [6, 6.07) is 0. The first-order chi connectivity index (χ1) is 48.3. The number of hydrogen-bond acceptors (Lipinski definition) is 15. The number of esters is 4. The number of rotatable bonds is 79. The van der Waals surface area contributed by atoms with Crippen LogP contribution in [0.3, 0.4) is 0 Å². The van der Waals surface area contributed by atoms with Crippen LogP contribution in [0.15, 0.2) is 0 Å². The molecule has 0 aromatic carbocycles. The Hall–Kier alpha value is -1.94. The van der Waals surface area contributed by atoms with E-state index in [1.807, 2.05) is 0 Å². The summed E-state index contributed by atoms with van der Waals surface area (Å²) < 4.78 is 68.7. The molecule has 0 amide bonds. The van der Waals surface area contributed by atoms with Crippen LogP contribution in [0.4, 0.5) is 0 Å². The third-order valence-electron chi connectivity index (χ3n) is 19.2. The largest absolute Gasteiger partial charge is 0.472 e. The summed E-state index contributed by atoms with van der Waals surface area (Å²) in [6.45, 7) is 12.0. The highest BCUT2D eigenvalue weighted by Gasteiger charge is 2.30. The Labute approximate surface area is 613 Å². The molecule has 0 saturated heterocycles. The molecule has 0 aromatic rings. The molecule has 17 nitrogen and oxygen atoms in total. The first-order valence-electron chi connectivity index (χ1n) is 41.9. The third-order valence-corrected chi connectivity index (χ3v) is 21.1. The van der Waals surface area contributed by atoms with E-state index in [0.717, 1.165) is 108 Å². The van der Waals surface area contributed by atoms with Crippen molar-refractivity contribution >= 4 is 39.5 Å². The van der Waals surface area contributed by atoms with Gasteiger partial charge in [-0.3, -0.25) is 37.3 Å². The lowest BCUT2D eigenvalue weighted by Gasteiger charge is -2.21. The summed E-state index contributed by atoms with van der Waals surface area (Å²) in [6.07, 6.45) is 59.6. The van der Waals surface area contributed by atoms with Crippen molar-refractivity contribution in [2.75, 3.05) is 39.6 Å². The van der Waals surface area contributed by atoms with Crippen molar-refractivity contribution in [3.63, 3.8) is 0 Å². The van der Waals surface area contributed by atoms with Crippen molar-refractivity contribution in [3.05, 3.63) is 0 Å². The van der Waals surface area contributed by atoms with Gasteiger partial charge in [0.15, 0.2) is 12.2 Å². The lowest BCUT2D eigenvalue weighted by atomic mass is 9.99. The highest BCUT2D eigenvalue weighted by atomic mass is 31.2. The van der Waals surface area contributed by atoms with Gasteiger partial charge in [0.25, 0.3) is 0 Å². The molecule has 19 heteroatoms. The fraction of sp³-hybridized carbons (Fsp3) is 0.951. The number of ether oxygens (including phenoxy) is 4. The van der Waals surface area contributed by atoms with Crippen LogP contribution in [-0.2, 0) is 65.4 Å². The first-order valence-corrected chi connectivity index (χ1v) is 44.9. The van der Waals surface area contributed by atoms with Gasteiger partial charge in [-0.05, 0) is 43.4 Å². The molecule has 0 aromatic heterocycles. The normalized spacial score (nSPS) is 14.2. The van der Waals surface area contributed by atoms with E-state index in [1.165, 1.54) is 231 Å². The zero-order chi connectivity index (χ0) is 73.7. The predicted molar refractivity (Wildman–Crippen MR) is 409 cm³/mol. The van der Waals surface area contributed by atoms with Gasteiger partial charge in [0.1, 0.15) is 19.3 Å². The predicted octanol–water partition coefficient (Wildman–Crippen LogP) is 24.1. The van der Waals surface area contributed by atoms with Crippen LogP contribution in [0.1, 0.15) is 421 Å². The van der Waals surface area contributed by atoms with Gasteiger partial charge >= 0.3 is 39.5 Å². The number of unbranched alkanes of at least 4 members (excludes halogenated alkanes) is 46. The van der Waals surface area contributed by atoms with E-state index in [2.05, 4.69) is 48.5 Å². The first kappa shape index (κ1) is 98.1. The number of carbonyl (C=O) groups excluding carboxylic acids is 4. The Morgan fingerprint density at radius 2 is 0.510 bits per heavy atom. The molecule has 3 unspecified atom stereocenters. The van der Waals surface area contributed by atoms with Gasteiger partial charge in [0.2, 0.25) is 0 Å². The fourth-order valence-electron chi connectivity index (χ4n) is 12.5. The van der Waals surface area contributed by atoms with E-state index in [4.69, 9.17) is 37.0 Å². The van der Waals surface area contributed by atoms with E-state index in [9.17, 15) is 43.2 Å². The van der Waals surface area contributed by atoms with Gasteiger partial charge in [-0.15, -0.1) is 0 Å². The van der Waals surface area contributed by atoms with Crippen molar-refractivity contribution in [1.29, 1.82) is 0 Å². The SMILES string of the molecule is CCCCCCCCCCCCCCCCC(=O)O[C@H](COC(=O)CCCCCCCCCCC(C)C)COP(=O)(O)OC[C@H](O)COP(=O)(O)OC[C@@H](COC(=O)CCCCCCCCCCCCC(C)CC)OC(=O)CCCCCCCCCCCCCCCCCCCCC(C)C. The second-order valence-electron chi connectivity index (χ2n) is 30.4. The van der Waals surface area contributed by atoms with Crippen molar-refractivity contribution in [1.82, 2.24) is 0 Å². The summed E-state index contributed by atoms with van der Waals surface area (Å²) in [5.74, 6) is 0.246. The molecule has 0 aliphatic rings. The molecule has 0 fully saturated rings. The summed E-state index contributed by atoms with van der Waals surface area (Å²) in [5.41, 5.74) is 0. The summed E-state index contributed by atoms with van der Waals surface area (Å²) in [7, 11) is -9.92. The molecule has 594 valence electrons. The molecule has 3 N–H and O–H groups in total. The van der Waals surface area contributed by atoms with Crippen LogP contribution in [0.5, 0.6) is 0 Å². The number of phosphoric acid groups is 2. The molecule has 0 bridgehead atoms. The topological polar surface area (TPSA) is 237 Å². The Morgan fingerprint density at radius 3 is 0.760 bits per heavy atom. The van der Waals surface area contributed by atoms with Gasteiger partial charge < -0.3 is 33.8 Å². The van der Waals surface area contributed by atoms with E-state index in [0.29, 0.717) is 25.7 Å². The second-order valence-corrected chi connectivity index (χ2v) is 33.3. The maximum absolute atomic E-state index is 13.1. The Bertz CT molecular complexity index is 1940. The number of aliphatic hydroxyl groups is 1. The molecule has 0 heterocycles. The summed E-state index contributed by atoms with van der Waals surface area (Å²) in [4.78, 5) is 73.0.